The molecule has 0 spiro atoms. The summed E-state index contributed by atoms with van der Waals surface area (Å²) in [5.41, 5.74) is 1.74. The summed E-state index contributed by atoms with van der Waals surface area (Å²) in [7, 11) is 0. The summed E-state index contributed by atoms with van der Waals surface area (Å²) in [5.74, 6) is -0.649. The molecule has 0 N–H and O–H groups in total. The number of hydrogen-bond donors (Lipinski definition) is 0. The molecule has 0 fully saturated rings. The molecule has 4 aromatic rings. The SMILES string of the molecule is CCn1c(Cn2ccnc2-c2cccc(F)c2F)nc2cccnc21. The van der Waals surface area contributed by atoms with Crippen LogP contribution < -0.4 is 0 Å². The average Bonchev–Trinajstić information content (AvgIpc) is 3.21. The minimum Gasteiger partial charge on any atom is -0.323 e. The van der Waals surface area contributed by atoms with Crippen molar-refractivity contribution in [1.82, 2.24) is 24.1 Å². The van der Waals surface area contributed by atoms with Crippen LogP contribution in [0, 0.1) is 11.6 Å². The number of halogens is 2. The Bertz CT molecular complexity index is 1050. The van der Waals surface area contributed by atoms with E-state index in [1.165, 1.54) is 12.1 Å². The zero-order chi connectivity index (χ0) is 17.4. The molecular formula is C18H15F2N5. The van der Waals surface area contributed by atoms with E-state index in [1.54, 1.807) is 23.2 Å². The van der Waals surface area contributed by atoms with E-state index < -0.39 is 11.6 Å². The molecule has 3 heterocycles. The molecule has 5 nitrogen and oxygen atoms in total. The van der Waals surface area contributed by atoms with E-state index in [9.17, 15) is 8.78 Å². The molecule has 1 aromatic carbocycles. The van der Waals surface area contributed by atoms with E-state index in [2.05, 4.69) is 15.0 Å². The van der Waals surface area contributed by atoms with Gasteiger partial charge in [0.1, 0.15) is 17.2 Å². The second-order valence-electron chi connectivity index (χ2n) is 5.60. The van der Waals surface area contributed by atoms with Crippen molar-refractivity contribution in [3.05, 3.63) is 66.4 Å². The highest BCUT2D eigenvalue weighted by Crippen LogP contribution is 2.24. The molecule has 4 rings (SSSR count). The maximum absolute atomic E-state index is 14.1. The molecule has 0 saturated carbocycles. The van der Waals surface area contributed by atoms with Gasteiger partial charge in [0.15, 0.2) is 17.3 Å². The Morgan fingerprint density at radius 2 is 1.92 bits per heavy atom. The first kappa shape index (κ1) is 15.4. The lowest BCUT2D eigenvalue weighted by molar-refractivity contribution is 0.509. The zero-order valence-corrected chi connectivity index (χ0v) is 13.5. The molecule has 0 amide bonds. The lowest BCUT2D eigenvalue weighted by Crippen LogP contribution is -2.09. The van der Waals surface area contributed by atoms with Crippen molar-refractivity contribution in [2.24, 2.45) is 0 Å². The third kappa shape index (κ3) is 2.57. The van der Waals surface area contributed by atoms with Crippen molar-refractivity contribution in [3.8, 4) is 11.4 Å². The predicted octanol–water partition coefficient (Wildman–Crippen LogP) is 3.64. The maximum atomic E-state index is 14.1. The summed E-state index contributed by atoms with van der Waals surface area (Å²) in [6, 6.07) is 7.82. The molecule has 25 heavy (non-hydrogen) atoms. The summed E-state index contributed by atoms with van der Waals surface area (Å²) in [4.78, 5) is 13.2. The van der Waals surface area contributed by atoms with E-state index in [-0.39, 0.29) is 5.56 Å². The van der Waals surface area contributed by atoms with Crippen LogP contribution in [-0.4, -0.2) is 24.1 Å². The van der Waals surface area contributed by atoms with Crippen molar-refractivity contribution in [1.29, 1.82) is 0 Å². The van der Waals surface area contributed by atoms with Crippen LogP contribution in [0.4, 0.5) is 8.78 Å². The summed E-state index contributed by atoms with van der Waals surface area (Å²) in [6.45, 7) is 3.11. The van der Waals surface area contributed by atoms with E-state index in [0.717, 1.165) is 23.1 Å². The van der Waals surface area contributed by atoms with E-state index in [4.69, 9.17) is 0 Å². The highest BCUT2D eigenvalue weighted by molar-refractivity contribution is 5.71. The lowest BCUT2D eigenvalue weighted by atomic mass is 10.2. The first-order valence-corrected chi connectivity index (χ1v) is 7.94. The first-order chi connectivity index (χ1) is 12.2. The largest absolute Gasteiger partial charge is 0.323 e. The highest BCUT2D eigenvalue weighted by atomic mass is 19.2. The number of nitrogens with zero attached hydrogens (tertiary/aromatic N) is 5. The molecule has 0 unspecified atom stereocenters. The second-order valence-corrected chi connectivity index (χ2v) is 5.60. The third-order valence-electron chi connectivity index (χ3n) is 4.12. The van der Waals surface area contributed by atoms with Gasteiger partial charge in [-0.25, -0.2) is 23.7 Å². The summed E-state index contributed by atoms with van der Waals surface area (Å²) in [6.07, 6.45) is 5.02. The maximum Gasteiger partial charge on any atom is 0.169 e. The molecule has 0 aliphatic rings. The van der Waals surface area contributed by atoms with Gasteiger partial charge >= 0.3 is 0 Å². The number of fused-ring (bicyclic) bond motifs is 1. The molecule has 0 aliphatic carbocycles. The molecule has 0 aliphatic heterocycles. The molecule has 0 bridgehead atoms. The quantitative estimate of drug-likeness (QED) is 0.570. The van der Waals surface area contributed by atoms with Crippen LogP contribution in [0.25, 0.3) is 22.6 Å². The van der Waals surface area contributed by atoms with Crippen LogP contribution >= 0.6 is 0 Å². The Morgan fingerprint density at radius 1 is 1.04 bits per heavy atom. The normalized spacial score (nSPS) is 11.3. The van der Waals surface area contributed by atoms with Gasteiger partial charge in [-0.15, -0.1) is 0 Å². The second kappa shape index (κ2) is 6.08. The Kier molecular flexibility index (Phi) is 3.76. The van der Waals surface area contributed by atoms with Crippen molar-refractivity contribution in [2.75, 3.05) is 0 Å². The van der Waals surface area contributed by atoms with Gasteiger partial charge in [-0.05, 0) is 31.2 Å². The van der Waals surface area contributed by atoms with Crippen molar-refractivity contribution in [3.63, 3.8) is 0 Å². The smallest absolute Gasteiger partial charge is 0.169 e. The van der Waals surface area contributed by atoms with Gasteiger partial charge in [-0.3, -0.25) is 0 Å². The van der Waals surface area contributed by atoms with Crippen LogP contribution in [0.2, 0.25) is 0 Å². The number of aryl methyl sites for hydroxylation is 1. The van der Waals surface area contributed by atoms with Crippen LogP contribution in [0.15, 0.2) is 48.9 Å². The number of hydrogen-bond acceptors (Lipinski definition) is 3. The minimum absolute atomic E-state index is 0.127. The van der Waals surface area contributed by atoms with E-state index >= 15 is 0 Å². The lowest BCUT2D eigenvalue weighted by Gasteiger charge is -2.10. The Labute approximate surface area is 142 Å². The van der Waals surface area contributed by atoms with Crippen molar-refractivity contribution < 1.29 is 8.78 Å². The minimum atomic E-state index is -0.902. The number of imidazole rings is 2. The molecule has 0 radical (unpaired) electrons. The van der Waals surface area contributed by atoms with Gasteiger partial charge in [-0.1, -0.05) is 6.07 Å². The predicted molar refractivity (Wildman–Crippen MR) is 89.9 cm³/mol. The summed E-state index contributed by atoms with van der Waals surface area (Å²) in [5, 5.41) is 0. The van der Waals surface area contributed by atoms with Crippen LogP contribution in [0.1, 0.15) is 12.7 Å². The Balaban J connectivity index is 1.79. The number of benzene rings is 1. The number of aromatic nitrogens is 5. The molecule has 7 heteroatoms. The van der Waals surface area contributed by atoms with Crippen LogP contribution in [0.3, 0.4) is 0 Å². The fourth-order valence-electron chi connectivity index (χ4n) is 2.97. The summed E-state index contributed by atoms with van der Waals surface area (Å²) >= 11 is 0. The van der Waals surface area contributed by atoms with Gasteiger partial charge in [0, 0.05) is 25.1 Å². The molecule has 0 saturated heterocycles. The average molecular weight is 339 g/mol. The zero-order valence-electron chi connectivity index (χ0n) is 13.5. The van der Waals surface area contributed by atoms with E-state index in [0.29, 0.717) is 18.9 Å². The number of pyridine rings is 1. The van der Waals surface area contributed by atoms with Gasteiger partial charge < -0.3 is 9.13 Å². The first-order valence-electron chi connectivity index (χ1n) is 7.94. The molecule has 126 valence electrons. The molecule has 0 atom stereocenters. The van der Waals surface area contributed by atoms with Crippen LogP contribution in [-0.2, 0) is 13.1 Å². The monoisotopic (exact) mass is 339 g/mol. The van der Waals surface area contributed by atoms with Crippen molar-refractivity contribution >= 4 is 11.2 Å². The molecular weight excluding hydrogens is 324 g/mol. The number of rotatable bonds is 4. The Hall–Kier alpha value is -3.09. The Morgan fingerprint density at radius 3 is 2.76 bits per heavy atom. The third-order valence-corrected chi connectivity index (χ3v) is 4.12. The fraction of sp³-hybridized carbons (Fsp3) is 0.167. The van der Waals surface area contributed by atoms with E-state index in [1.807, 2.05) is 23.6 Å². The summed E-state index contributed by atoms with van der Waals surface area (Å²) < 4.78 is 31.4. The van der Waals surface area contributed by atoms with Gasteiger partial charge in [0.25, 0.3) is 0 Å². The van der Waals surface area contributed by atoms with Crippen LogP contribution in [0.5, 0.6) is 0 Å². The topological polar surface area (TPSA) is 48.5 Å². The fourth-order valence-corrected chi connectivity index (χ4v) is 2.97. The standard InChI is InChI=1S/C18H15F2N5/c1-2-25-15(23-14-7-4-8-21-18(14)25)11-24-10-9-22-17(24)12-5-3-6-13(19)16(12)20/h3-10H,2,11H2,1H3. The van der Waals surface area contributed by atoms with Gasteiger partial charge in [-0.2, -0.15) is 0 Å². The molecule has 3 aromatic heterocycles. The highest BCUT2D eigenvalue weighted by Gasteiger charge is 2.17. The van der Waals surface area contributed by atoms with Crippen molar-refractivity contribution in [2.45, 2.75) is 20.0 Å². The van der Waals surface area contributed by atoms with Gasteiger partial charge in [0.2, 0.25) is 0 Å². The van der Waals surface area contributed by atoms with Gasteiger partial charge in [0.05, 0.1) is 12.1 Å².